The molecule has 1 fully saturated rings. The molecule has 1 saturated carbocycles. The molecule has 1 amide bonds. The van der Waals surface area contributed by atoms with Crippen molar-refractivity contribution in [1.82, 2.24) is 10.3 Å². The van der Waals surface area contributed by atoms with Gasteiger partial charge in [0.2, 0.25) is 5.95 Å². The minimum absolute atomic E-state index is 0.207. The fourth-order valence-corrected chi connectivity index (χ4v) is 2.04. The fraction of sp³-hybridized carbons (Fsp3) is 0.500. The van der Waals surface area contributed by atoms with Gasteiger partial charge < -0.3 is 10.4 Å². The van der Waals surface area contributed by atoms with E-state index in [0.717, 1.165) is 25.3 Å². The number of hydrogen-bond donors (Lipinski definition) is 2. The van der Waals surface area contributed by atoms with Crippen LogP contribution in [0.5, 0.6) is 0 Å². The Bertz CT molecular complexity index is 394. The number of rotatable bonds is 2. The van der Waals surface area contributed by atoms with Gasteiger partial charge in [0, 0.05) is 6.20 Å². The SMILES string of the molecule is O=C(N[C@H]1CCCC[C@@H]1O)c1ccc(F)nc1. The zero-order valence-corrected chi connectivity index (χ0v) is 9.40. The Labute approximate surface area is 98.9 Å². The Balaban J connectivity index is 1.98. The van der Waals surface area contributed by atoms with Crippen molar-refractivity contribution in [2.45, 2.75) is 37.8 Å². The largest absolute Gasteiger partial charge is 0.391 e. The third kappa shape index (κ3) is 3.00. The number of pyridine rings is 1. The molecule has 0 unspecified atom stereocenters. The zero-order valence-electron chi connectivity index (χ0n) is 9.40. The zero-order chi connectivity index (χ0) is 12.3. The lowest BCUT2D eigenvalue weighted by Crippen LogP contribution is -2.45. The van der Waals surface area contributed by atoms with Crippen molar-refractivity contribution in [2.75, 3.05) is 0 Å². The van der Waals surface area contributed by atoms with Gasteiger partial charge in [-0.1, -0.05) is 12.8 Å². The molecule has 0 radical (unpaired) electrons. The molecule has 4 nitrogen and oxygen atoms in total. The van der Waals surface area contributed by atoms with E-state index in [9.17, 15) is 14.3 Å². The third-order valence-corrected chi connectivity index (χ3v) is 3.04. The molecule has 2 atom stereocenters. The second kappa shape index (κ2) is 5.23. The maximum absolute atomic E-state index is 12.6. The van der Waals surface area contributed by atoms with Gasteiger partial charge in [-0.05, 0) is 25.0 Å². The first kappa shape index (κ1) is 12.0. The van der Waals surface area contributed by atoms with Crippen LogP contribution < -0.4 is 5.32 Å². The number of nitrogens with zero attached hydrogens (tertiary/aromatic N) is 1. The van der Waals surface area contributed by atoms with Gasteiger partial charge in [0.05, 0.1) is 17.7 Å². The van der Waals surface area contributed by atoms with Gasteiger partial charge in [0.15, 0.2) is 0 Å². The molecule has 1 aliphatic rings. The van der Waals surface area contributed by atoms with Crippen LogP contribution in [0.15, 0.2) is 18.3 Å². The molecule has 0 saturated heterocycles. The van der Waals surface area contributed by atoms with E-state index in [2.05, 4.69) is 10.3 Å². The van der Waals surface area contributed by atoms with Gasteiger partial charge in [-0.25, -0.2) is 4.98 Å². The smallest absolute Gasteiger partial charge is 0.253 e. The molecular formula is C12H15FN2O2. The van der Waals surface area contributed by atoms with Crippen LogP contribution in [0.3, 0.4) is 0 Å². The van der Waals surface area contributed by atoms with Gasteiger partial charge in [-0.3, -0.25) is 4.79 Å². The maximum atomic E-state index is 12.6. The van der Waals surface area contributed by atoms with Gasteiger partial charge in [-0.2, -0.15) is 4.39 Å². The van der Waals surface area contributed by atoms with Crippen molar-refractivity contribution >= 4 is 5.91 Å². The van der Waals surface area contributed by atoms with E-state index in [1.807, 2.05) is 0 Å². The molecule has 5 heteroatoms. The molecular weight excluding hydrogens is 223 g/mol. The number of aliphatic hydroxyl groups excluding tert-OH is 1. The van der Waals surface area contributed by atoms with Crippen LogP contribution in [0.1, 0.15) is 36.0 Å². The molecule has 0 bridgehead atoms. The van der Waals surface area contributed by atoms with Gasteiger partial charge in [-0.15, -0.1) is 0 Å². The first-order valence-electron chi connectivity index (χ1n) is 5.77. The van der Waals surface area contributed by atoms with E-state index >= 15 is 0 Å². The summed E-state index contributed by atoms with van der Waals surface area (Å²) in [5.74, 6) is -0.928. The molecule has 92 valence electrons. The molecule has 1 aromatic rings. The number of halogens is 1. The summed E-state index contributed by atoms with van der Waals surface area (Å²) in [7, 11) is 0. The summed E-state index contributed by atoms with van der Waals surface area (Å²) >= 11 is 0. The van der Waals surface area contributed by atoms with E-state index in [1.54, 1.807) is 0 Å². The van der Waals surface area contributed by atoms with Crippen LogP contribution in [0.25, 0.3) is 0 Å². The van der Waals surface area contributed by atoms with Crippen molar-refractivity contribution in [3.05, 3.63) is 29.8 Å². The molecule has 0 spiro atoms. The Morgan fingerprint density at radius 1 is 1.41 bits per heavy atom. The fourth-order valence-electron chi connectivity index (χ4n) is 2.04. The number of aromatic nitrogens is 1. The molecule has 2 N–H and O–H groups in total. The summed E-state index contributed by atoms with van der Waals surface area (Å²) in [6.07, 6.45) is 4.20. The molecule has 17 heavy (non-hydrogen) atoms. The van der Waals surface area contributed by atoms with Crippen LogP contribution in [0, 0.1) is 5.95 Å². The number of nitrogens with one attached hydrogen (secondary N) is 1. The first-order valence-corrected chi connectivity index (χ1v) is 5.77. The van der Waals surface area contributed by atoms with E-state index in [-0.39, 0.29) is 11.9 Å². The highest BCUT2D eigenvalue weighted by molar-refractivity contribution is 5.94. The molecule has 1 aliphatic carbocycles. The Morgan fingerprint density at radius 2 is 2.18 bits per heavy atom. The van der Waals surface area contributed by atoms with Crippen LogP contribution in [0.4, 0.5) is 4.39 Å². The van der Waals surface area contributed by atoms with E-state index in [0.29, 0.717) is 12.0 Å². The Morgan fingerprint density at radius 3 is 2.82 bits per heavy atom. The highest BCUT2D eigenvalue weighted by Gasteiger charge is 2.24. The molecule has 1 heterocycles. The van der Waals surface area contributed by atoms with E-state index in [1.165, 1.54) is 12.3 Å². The van der Waals surface area contributed by atoms with Gasteiger partial charge in [0.1, 0.15) is 0 Å². The highest BCUT2D eigenvalue weighted by Crippen LogP contribution is 2.18. The number of carbonyl (C=O) groups excluding carboxylic acids is 1. The second-order valence-corrected chi connectivity index (χ2v) is 4.30. The lowest BCUT2D eigenvalue weighted by Gasteiger charge is -2.28. The summed E-state index contributed by atoms with van der Waals surface area (Å²) in [5.41, 5.74) is 0.309. The van der Waals surface area contributed by atoms with Crippen LogP contribution in [-0.4, -0.2) is 28.1 Å². The number of aliphatic hydroxyl groups is 1. The number of carbonyl (C=O) groups is 1. The quantitative estimate of drug-likeness (QED) is 0.762. The van der Waals surface area contributed by atoms with Gasteiger partial charge in [0.25, 0.3) is 5.91 Å². The maximum Gasteiger partial charge on any atom is 0.253 e. The summed E-state index contributed by atoms with van der Waals surface area (Å²) in [5, 5.41) is 12.5. The topological polar surface area (TPSA) is 62.2 Å². The van der Waals surface area contributed by atoms with Crippen LogP contribution >= 0.6 is 0 Å². The molecule has 0 aliphatic heterocycles. The lowest BCUT2D eigenvalue weighted by atomic mass is 9.92. The molecule has 0 aromatic carbocycles. The van der Waals surface area contributed by atoms with Crippen molar-refractivity contribution < 1.29 is 14.3 Å². The first-order chi connectivity index (χ1) is 8.16. The lowest BCUT2D eigenvalue weighted by molar-refractivity contribution is 0.0717. The van der Waals surface area contributed by atoms with Gasteiger partial charge >= 0.3 is 0 Å². The van der Waals surface area contributed by atoms with Crippen LogP contribution in [0.2, 0.25) is 0 Å². The molecule has 1 aromatic heterocycles. The van der Waals surface area contributed by atoms with Crippen molar-refractivity contribution in [1.29, 1.82) is 0 Å². The number of amides is 1. The number of hydrogen-bond acceptors (Lipinski definition) is 3. The monoisotopic (exact) mass is 238 g/mol. The third-order valence-electron chi connectivity index (χ3n) is 3.04. The predicted octanol–water partition coefficient (Wildman–Crippen LogP) is 1.25. The van der Waals surface area contributed by atoms with Crippen molar-refractivity contribution in [3.63, 3.8) is 0 Å². The normalized spacial score (nSPS) is 24.4. The standard InChI is InChI=1S/C12H15FN2O2/c13-11-6-5-8(7-14-11)12(17)15-9-3-1-2-4-10(9)16/h5-7,9-10,16H,1-4H2,(H,15,17)/t9-,10-/m0/s1. The van der Waals surface area contributed by atoms with E-state index in [4.69, 9.17) is 0 Å². The molecule has 2 rings (SSSR count). The minimum Gasteiger partial charge on any atom is -0.391 e. The van der Waals surface area contributed by atoms with Crippen molar-refractivity contribution in [3.8, 4) is 0 Å². The van der Waals surface area contributed by atoms with Crippen molar-refractivity contribution in [2.24, 2.45) is 0 Å². The second-order valence-electron chi connectivity index (χ2n) is 4.30. The summed E-state index contributed by atoms with van der Waals surface area (Å²) in [4.78, 5) is 15.2. The van der Waals surface area contributed by atoms with Crippen LogP contribution in [-0.2, 0) is 0 Å². The predicted molar refractivity (Wildman–Crippen MR) is 59.9 cm³/mol. The Kier molecular flexibility index (Phi) is 3.68. The minimum atomic E-state index is -0.612. The summed E-state index contributed by atoms with van der Waals surface area (Å²) in [6.45, 7) is 0. The van der Waals surface area contributed by atoms with E-state index < -0.39 is 12.1 Å². The average Bonchev–Trinajstić information content (AvgIpc) is 2.33. The average molecular weight is 238 g/mol. The summed E-state index contributed by atoms with van der Waals surface area (Å²) in [6, 6.07) is 2.32. The summed E-state index contributed by atoms with van der Waals surface area (Å²) < 4.78 is 12.6. The highest BCUT2D eigenvalue weighted by atomic mass is 19.1. The Hall–Kier alpha value is -1.49.